The average Bonchev–Trinajstić information content (AvgIpc) is 3.06. The predicted octanol–water partition coefficient (Wildman–Crippen LogP) is 4.53. The van der Waals surface area contributed by atoms with Gasteiger partial charge < -0.3 is 5.11 Å². The number of nitrogens with zero attached hydrogens (tertiary/aromatic N) is 1. The second-order valence-corrected chi connectivity index (χ2v) is 5.93. The summed E-state index contributed by atoms with van der Waals surface area (Å²) in [6, 6.07) is 18.5. The number of benzene rings is 3. The molecule has 21 heavy (non-hydrogen) atoms. The smallest absolute Gasteiger partial charge is 0.132 e. The lowest BCUT2D eigenvalue weighted by atomic mass is 9.93. The lowest BCUT2D eigenvalue weighted by molar-refractivity contribution is 0.223. The van der Waals surface area contributed by atoms with Gasteiger partial charge in [0.15, 0.2) is 0 Å². The summed E-state index contributed by atoms with van der Waals surface area (Å²) in [6.45, 7) is 0. The number of hydrogen-bond acceptors (Lipinski definition) is 3. The summed E-state index contributed by atoms with van der Waals surface area (Å²) in [5.41, 5.74) is 0.943. The van der Waals surface area contributed by atoms with Crippen LogP contribution in [0.2, 0.25) is 0 Å². The molecule has 4 rings (SSSR count). The van der Waals surface area contributed by atoms with Crippen molar-refractivity contribution in [2.75, 3.05) is 0 Å². The van der Waals surface area contributed by atoms with Gasteiger partial charge in [-0.2, -0.15) is 0 Å². The van der Waals surface area contributed by atoms with Gasteiger partial charge in [0, 0.05) is 17.1 Å². The molecule has 1 heterocycles. The minimum atomic E-state index is -0.694. The summed E-state index contributed by atoms with van der Waals surface area (Å²) in [4.78, 5) is 4.27. The number of aliphatic hydroxyl groups is 1. The van der Waals surface area contributed by atoms with Crippen molar-refractivity contribution >= 4 is 32.9 Å². The van der Waals surface area contributed by atoms with Gasteiger partial charge in [-0.15, -0.1) is 11.3 Å². The molecule has 0 spiro atoms. The molecule has 0 saturated carbocycles. The molecular formula is C18H13NOS. The van der Waals surface area contributed by atoms with Crippen LogP contribution in [-0.2, 0) is 0 Å². The minimum absolute atomic E-state index is 0.694. The van der Waals surface area contributed by atoms with Crippen molar-refractivity contribution in [3.63, 3.8) is 0 Å². The third-order valence-corrected chi connectivity index (χ3v) is 4.60. The molecule has 4 aromatic rings. The largest absolute Gasteiger partial charge is 0.381 e. The van der Waals surface area contributed by atoms with E-state index in [1.165, 1.54) is 11.3 Å². The van der Waals surface area contributed by atoms with E-state index < -0.39 is 6.10 Å². The fourth-order valence-electron chi connectivity index (χ4n) is 2.84. The number of fused-ring (bicyclic) bond motifs is 2. The van der Waals surface area contributed by atoms with E-state index in [1.807, 2.05) is 29.6 Å². The van der Waals surface area contributed by atoms with Crippen molar-refractivity contribution in [2.45, 2.75) is 6.10 Å². The maximum absolute atomic E-state index is 10.8. The Labute approximate surface area is 126 Å². The molecule has 0 fully saturated rings. The number of thiazole rings is 1. The van der Waals surface area contributed by atoms with Crippen molar-refractivity contribution in [2.24, 2.45) is 0 Å². The molecule has 0 amide bonds. The van der Waals surface area contributed by atoms with E-state index in [1.54, 1.807) is 6.20 Å². The highest BCUT2D eigenvalue weighted by atomic mass is 32.1. The molecular weight excluding hydrogens is 278 g/mol. The first-order valence-corrected chi connectivity index (χ1v) is 7.70. The predicted molar refractivity (Wildman–Crippen MR) is 87.6 cm³/mol. The zero-order chi connectivity index (χ0) is 14.2. The first kappa shape index (κ1) is 12.5. The van der Waals surface area contributed by atoms with Gasteiger partial charge in [0.25, 0.3) is 0 Å². The zero-order valence-corrected chi connectivity index (χ0v) is 12.0. The Bertz CT molecular complexity index is 861. The average molecular weight is 291 g/mol. The first-order chi connectivity index (χ1) is 10.3. The fraction of sp³-hybridized carbons (Fsp3) is 0.0556. The van der Waals surface area contributed by atoms with Crippen LogP contribution in [-0.4, -0.2) is 10.1 Å². The molecule has 0 aliphatic heterocycles. The van der Waals surface area contributed by atoms with Gasteiger partial charge in [-0.1, -0.05) is 48.5 Å². The van der Waals surface area contributed by atoms with Crippen molar-refractivity contribution in [1.29, 1.82) is 0 Å². The number of aromatic nitrogens is 1. The van der Waals surface area contributed by atoms with Crippen LogP contribution in [0.3, 0.4) is 0 Å². The Morgan fingerprint density at radius 1 is 0.905 bits per heavy atom. The Kier molecular flexibility index (Phi) is 2.95. The van der Waals surface area contributed by atoms with E-state index in [2.05, 4.69) is 35.3 Å². The van der Waals surface area contributed by atoms with E-state index in [-0.39, 0.29) is 0 Å². The molecule has 0 radical (unpaired) electrons. The van der Waals surface area contributed by atoms with Gasteiger partial charge >= 0.3 is 0 Å². The van der Waals surface area contributed by atoms with Gasteiger partial charge in [-0.05, 0) is 27.6 Å². The molecule has 1 aromatic heterocycles. The normalized spacial score (nSPS) is 12.8. The Hall–Kier alpha value is -2.23. The Balaban J connectivity index is 2.11. The summed E-state index contributed by atoms with van der Waals surface area (Å²) in [5, 5.41) is 17.9. The molecule has 3 heteroatoms. The fourth-order valence-corrected chi connectivity index (χ4v) is 3.47. The highest BCUT2D eigenvalue weighted by Gasteiger charge is 2.19. The third kappa shape index (κ3) is 2.02. The monoisotopic (exact) mass is 291 g/mol. The topological polar surface area (TPSA) is 33.1 Å². The van der Waals surface area contributed by atoms with Gasteiger partial charge in [0.2, 0.25) is 0 Å². The van der Waals surface area contributed by atoms with Gasteiger partial charge in [0.1, 0.15) is 11.1 Å². The molecule has 0 saturated heterocycles. The summed E-state index contributed by atoms with van der Waals surface area (Å²) < 4.78 is 0. The molecule has 1 N–H and O–H groups in total. The molecule has 102 valence electrons. The molecule has 0 aliphatic rings. The van der Waals surface area contributed by atoms with Crippen molar-refractivity contribution in [3.8, 4) is 0 Å². The van der Waals surface area contributed by atoms with Crippen molar-refractivity contribution < 1.29 is 5.11 Å². The molecule has 1 atom stereocenters. The van der Waals surface area contributed by atoms with Gasteiger partial charge in [-0.25, -0.2) is 4.98 Å². The van der Waals surface area contributed by atoms with Crippen LogP contribution in [0.4, 0.5) is 0 Å². The minimum Gasteiger partial charge on any atom is -0.381 e. The van der Waals surface area contributed by atoms with Crippen LogP contribution in [0.15, 0.2) is 66.2 Å². The first-order valence-electron chi connectivity index (χ1n) is 6.82. The van der Waals surface area contributed by atoms with Crippen LogP contribution in [0.1, 0.15) is 16.7 Å². The highest BCUT2D eigenvalue weighted by Crippen LogP contribution is 2.36. The lowest BCUT2D eigenvalue weighted by Crippen LogP contribution is -2.01. The summed E-state index contributed by atoms with van der Waals surface area (Å²) >= 11 is 1.48. The van der Waals surface area contributed by atoms with Crippen LogP contribution in [0.25, 0.3) is 21.5 Å². The van der Waals surface area contributed by atoms with Crippen LogP contribution in [0.5, 0.6) is 0 Å². The maximum Gasteiger partial charge on any atom is 0.132 e. The standard InChI is InChI=1S/C18H13NOS/c20-17(18-19-9-10-21-18)16-14-7-3-1-5-12(14)11-13-6-2-4-8-15(13)16/h1-11,17,20H. The summed E-state index contributed by atoms with van der Waals surface area (Å²) in [6.07, 6.45) is 1.04. The Morgan fingerprint density at radius 2 is 1.52 bits per heavy atom. The van der Waals surface area contributed by atoms with Gasteiger partial charge in [0.05, 0.1) is 0 Å². The van der Waals surface area contributed by atoms with Crippen LogP contribution >= 0.6 is 11.3 Å². The van der Waals surface area contributed by atoms with E-state index in [0.29, 0.717) is 0 Å². The highest BCUT2D eigenvalue weighted by molar-refractivity contribution is 7.09. The number of aliphatic hydroxyl groups excluding tert-OH is 1. The Morgan fingerprint density at radius 3 is 2.10 bits per heavy atom. The van der Waals surface area contributed by atoms with E-state index in [4.69, 9.17) is 0 Å². The number of rotatable bonds is 2. The van der Waals surface area contributed by atoms with Crippen molar-refractivity contribution in [3.05, 3.63) is 76.7 Å². The molecule has 0 aliphatic carbocycles. The molecule has 1 unspecified atom stereocenters. The molecule has 2 nitrogen and oxygen atoms in total. The number of hydrogen-bond donors (Lipinski definition) is 1. The lowest BCUT2D eigenvalue weighted by Gasteiger charge is -2.15. The van der Waals surface area contributed by atoms with Gasteiger partial charge in [-0.3, -0.25) is 0 Å². The van der Waals surface area contributed by atoms with E-state index in [9.17, 15) is 5.11 Å². The van der Waals surface area contributed by atoms with E-state index in [0.717, 1.165) is 32.1 Å². The van der Waals surface area contributed by atoms with E-state index >= 15 is 0 Å². The SMILES string of the molecule is OC(c1nccs1)c1c2ccccc2cc2ccccc12. The molecule has 3 aromatic carbocycles. The van der Waals surface area contributed by atoms with Crippen molar-refractivity contribution in [1.82, 2.24) is 4.98 Å². The molecule has 0 bridgehead atoms. The maximum atomic E-state index is 10.8. The quantitative estimate of drug-likeness (QED) is 0.550. The van der Waals surface area contributed by atoms with Crippen LogP contribution in [0, 0.1) is 0 Å². The summed E-state index contributed by atoms with van der Waals surface area (Å²) in [5.74, 6) is 0. The van der Waals surface area contributed by atoms with Crippen LogP contribution < -0.4 is 0 Å². The second-order valence-electron chi connectivity index (χ2n) is 5.01. The zero-order valence-electron chi connectivity index (χ0n) is 11.2. The summed E-state index contributed by atoms with van der Waals surface area (Å²) in [7, 11) is 0. The third-order valence-electron chi connectivity index (χ3n) is 3.77. The second kappa shape index (κ2) is 4.95.